The van der Waals surface area contributed by atoms with Crippen LogP contribution in [0.4, 0.5) is 4.79 Å². The number of hydrogen-bond donors (Lipinski definition) is 2. The number of carbonyl (C=O) groups excluding carboxylic acids is 2. The summed E-state index contributed by atoms with van der Waals surface area (Å²) in [7, 11) is 0. The fraction of sp³-hybridized carbons (Fsp3) is 0.200. The maximum Gasteiger partial charge on any atom is 0.281 e. The molecule has 2 amide bonds. The first-order valence-corrected chi connectivity index (χ1v) is 5.46. The van der Waals surface area contributed by atoms with Crippen molar-refractivity contribution >= 4 is 32.4 Å². The molecule has 5 heteroatoms. The number of nitrogens with one attached hydrogen (secondary N) is 1. The van der Waals surface area contributed by atoms with Crippen LogP contribution in [0.25, 0.3) is 0 Å². The van der Waals surface area contributed by atoms with Gasteiger partial charge in [0.05, 0.1) is 0 Å². The molecule has 1 aromatic carbocycles. The quantitative estimate of drug-likeness (QED) is 0.498. The molecule has 3 N–H and O–H groups in total. The summed E-state index contributed by atoms with van der Waals surface area (Å²) >= 11 is 1.58. The Labute approximate surface area is 101 Å². The van der Waals surface area contributed by atoms with E-state index in [0.29, 0.717) is 6.42 Å². The van der Waals surface area contributed by atoms with Crippen LogP contribution in [0.1, 0.15) is 5.56 Å². The molecule has 0 unspecified atom stereocenters. The summed E-state index contributed by atoms with van der Waals surface area (Å²) in [4.78, 5) is 21.9. The predicted molar refractivity (Wildman–Crippen MR) is 65.7 cm³/mol. The highest BCUT2D eigenvalue weighted by molar-refractivity contribution is 14.1. The van der Waals surface area contributed by atoms with Crippen LogP contribution in [-0.4, -0.2) is 15.9 Å². The number of carbonyl (C=O) groups is 2. The van der Waals surface area contributed by atoms with Crippen molar-refractivity contribution in [3.63, 3.8) is 0 Å². The van der Waals surface area contributed by atoms with E-state index in [0.717, 1.165) is 5.56 Å². The van der Waals surface area contributed by atoms with E-state index in [-0.39, 0.29) is 3.91 Å². The van der Waals surface area contributed by atoms with Crippen molar-refractivity contribution in [2.24, 2.45) is 5.73 Å². The number of nitrogens with two attached hydrogens (primary N) is 1. The Morgan fingerprint density at radius 3 is 2.40 bits per heavy atom. The molecule has 0 heterocycles. The second-order valence-electron chi connectivity index (χ2n) is 3.06. The molecule has 0 fully saturated rings. The van der Waals surface area contributed by atoms with Crippen molar-refractivity contribution in [1.82, 2.24) is 5.32 Å². The maximum absolute atomic E-state index is 11.0. The molecule has 0 radical (unpaired) electrons. The number of amides is 2. The average molecular weight is 318 g/mol. The molecule has 0 spiro atoms. The van der Waals surface area contributed by atoms with Crippen LogP contribution >= 0.6 is 22.6 Å². The van der Waals surface area contributed by atoms with E-state index >= 15 is 0 Å². The van der Waals surface area contributed by atoms with Crippen LogP contribution in [0.3, 0.4) is 0 Å². The summed E-state index contributed by atoms with van der Waals surface area (Å²) in [5.41, 5.74) is 6.14. The smallest absolute Gasteiger partial charge is 0.281 e. The fourth-order valence-corrected chi connectivity index (χ4v) is 1.59. The normalized spacial score (nSPS) is 11.8. The van der Waals surface area contributed by atoms with Gasteiger partial charge in [-0.1, -0.05) is 30.3 Å². The van der Waals surface area contributed by atoms with Gasteiger partial charge in [0.25, 0.3) is 3.91 Å². The number of rotatable bonds is 4. The van der Waals surface area contributed by atoms with Crippen molar-refractivity contribution in [2.45, 2.75) is 12.5 Å². The predicted octanol–water partition coefficient (Wildman–Crippen LogP) is 1.23. The van der Waals surface area contributed by atoms with Gasteiger partial charge in [-0.3, -0.25) is 9.59 Å². The Morgan fingerprint density at radius 2 is 1.93 bits per heavy atom. The van der Waals surface area contributed by atoms with Gasteiger partial charge in [-0.25, -0.2) is 0 Å². The van der Waals surface area contributed by atoms with Gasteiger partial charge in [-0.2, -0.15) is 0 Å². The molecule has 4 nitrogen and oxygen atoms in total. The molecule has 0 bridgehead atoms. The molecule has 0 saturated heterocycles. The van der Waals surface area contributed by atoms with Gasteiger partial charge >= 0.3 is 0 Å². The Balaban J connectivity index is 2.67. The monoisotopic (exact) mass is 318 g/mol. The Bertz CT molecular complexity index is 354. The minimum atomic E-state index is -0.642. The first-order valence-electron chi connectivity index (χ1n) is 4.39. The van der Waals surface area contributed by atoms with E-state index in [9.17, 15) is 9.59 Å². The topological polar surface area (TPSA) is 72.2 Å². The summed E-state index contributed by atoms with van der Waals surface area (Å²) in [5, 5.41) is 2.50. The number of primary amides is 1. The summed E-state index contributed by atoms with van der Waals surface area (Å²) in [6, 6.07) is 8.76. The second kappa shape index (κ2) is 5.69. The SMILES string of the molecule is NC(=O)[C@@H](Cc1ccccc1)NC(=O)I. The van der Waals surface area contributed by atoms with Gasteiger partial charge in [-0.15, -0.1) is 0 Å². The highest BCUT2D eigenvalue weighted by Crippen LogP contribution is 2.03. The van der Waals surface area contributed by atoms with E-state index in [2.05, 4.69) is 5.32 Å². The van der Waals surface area contributed by atoms with E-state index in [1.54, 1.807) is 22.6 Å². The Hall–Kier alpha value is -1.11. The third-order valence-corrected chi connectivity index (χ3v) is 2.23. The van der Waals surface area contributed by atoms with Gasteiger partial charge in [0.15, 0.2) is 0 Å². The molecule has 0 aliphatic carbocycles. The lowest BCUT2D eigenvalue weighted by molar-refractivity contribution is -0.119. The second-order valence-corrected chi connectivity index (χ2v) is 4.04. The third-order valence-electron chi connectivity index (χ3n) is 1.91. The number of halogens is 1. The van der Waals surface area contributed by atoms with E-state index in [1.807, 2.05) is 30.3 Å². The molecular weight excluding hydrogens is 307 g/mol. The van der Waals surface area contributed by atoms with Crippen molar-refractivity contribution < 1.29 is 9.59 Å². The molecule has 15 heavy (non-hydrogen) atoms. The molecule has 1 rings (SSSR count). The molecule has 1 aromatic rings. The first-order chi connectivity index (χ1) is 7.09. The van der Waals surface area contributed by atoms with Crippen LogP contribution in [0, 0.1) is 0 Å². The van der Waals surface area contributed by atoms with Gasteiger partial charge in [0, 0.05) is 29.0 Å². The van der Waals surface area contributed by atoms with Crippen LogP contribution in [-0.2, 0) is 11.2 Å². The zero-order valence-electron chi connectivity index (χ0n) is 7.94. The van der Waals surface area contributed by atoms with Gasteiger partial charge in [0.1, 0.15) is 6.04 Å². The summed E-state index contributed by atoms with van der Waals surface area (Å²) in [6.07, 6.45) is 0.422. The lowest BCUT2D eigenvalue weighted by atomic mass is 10.1. The molecule has 0 aliphatic rings. The summed E-state index contributed by atoms with van der Waals surface area (Å²) < 4.78 is -0.285. The van der Waals surface area contributed by atoms with Crippen molar-refractivity contribution in [1.29, 1.82) is 0 Å². The molecular formula is C10H11IN2O2. The number of hydrogen-bond acceptors (Lipinski definition) is 2. The van der Waals surface area contributed by atoms with Crippen LogP contribution in [0.15, 0.2) is 30.3 Å². The van der Waals surface area contributed by atoms with Crippen molar-refractivity contribution in [2.75, 3.05) is 0 Å². The minimum Gasteiger partial charge on any atom is -0.368 e. The molecule has 0 aliphatic heterocycles. The van der Waals surface area contributed by atoms with Crippen LogP contribution in [0.2, 0.25) is 0 Å². The first kappa shape index (κ1) is 12.0. The molecule has 0 saturated carbocycles. The highest BCUT2D eigenvalue weighted by Gasteiger charge is 2.16. The summed E-state index contributed by atoms with van der Waals surface area (Å²) in [5.74, 6) is -0.524. The largest absolute Gasteiger partial charge is 0.368 e. The zero-order chi connectivity index (χ0) is 11.3. The minimum absolute atomic E-state index is 0.285. The molecule has 0 aromatic heterocycles. The van der Waals surface area contributed by atoms with Crippen molar-refractivity contribution in [3.05, 3.63) is 35.9 Å². The third kappa shape index (κ3) is 4.28. The molecule has 1 atom stereocenters. The zero-order valence-corrected chi connectivity index (χ0v) is 10.1. The van der Waals surface area contributed by atoms with Gasteiger partial charge < -0.3 is 11.1 Å². The standard InChI is InChI=1S/C10H11IN2O2/c11-10(15)13-8(9(12)14)6-7-4-2-1-3-5-7/h1-5,8H,6H2,(H2,12,14)(H,13,15)/t8-/m1/s1. The fourth-order valence-electron chi connectivity index (χ4n) is 1.21. The average Bonchev–Trinajstić information content (AvgIpc) is 2.17. The lowest BCUT2D eigenvalue weighted by Gasteiger charge is -2.13. The van der Waals surface area contributed by atoms with Crippen LogP contribution in [0.5, 0.6) is 0 Å². The van der Waals surface area contributed by atoms with Gasteiger partial charge in [0.2, 0.25) is 5.91 Å². The number of benzene rings is 1. The Kier molecular flexibility index (Phi) is 4.54. The van der Waals surface area contributed by atoms with E-state index in [1.165, 1.54) is 0 Å². The van der Waals surface area contributed by atoms with Gasteiger partial charge in [-0.05, 0) is 5.56 Å². The van der Waals surface area contributed by atoms with E-state index in [4.69, 9.17) is 5.73 Å². The molecule has 80 valence electrons. The highest BCUT2D eigenvalue weighted by atomic mass is 127. The van der Waals surface area contributed by atoms with E-state index < -0.39 is 11.9 Å². The van der Waals surface area contributed by atoms with Crippen LogP contribution < -0.4 is 11.1 Å². The van der Waals surface area contributed by atoms with Crippen molar-refractivity contribution in [3.8, 4) is 0 Å². The summed E-state index contributed by atoms with van der Waals surface area (Å²) in [6.45, 7) is 0. The lowest BCUT2D eigenvalue weighted by Crippen LogP contribution is -2.43. The maximum atomic E-state index is 11.0. The Morgan fingerprint density at radius 1 is 1.33 bits per heavy atom.